The van der Waals surface area contributed by atoms with Crippen molar-refractivity contribution in [1.29, 1.82) is 0 Å². The van der Waals surface area contributed by atoms with Crippen LogP contribution in [0.25, 0.3) is 22.0 Å². The van der Waals surface area contributed by atoms with E-state index in [1.54, 1.807) is 6.07 Å². The Bertz CT molecular complexity index is 1690. The first kappa shape index (κ1) is 32.1. The van der Waals surface area contributed by atoms with Gasteiger partial charge in [-0.25, -0.2) is 32.5 Å². The van der Waals surface area contributed by atoms with E-state index < -0.39 is 44.0 Å². The van der Waals surface area contributed by atoms with E-state index >= 15 is 8.78 Å². The molecule has 0 spiro atoms. The molecule has 238 valence electrons. The Hall–Kier alpha value is -3.30. The second-order valence-corrected chi connectivity index (χ2v) is 13.8. The van der Waals surface area contributed by atoms with Crippen LogP contribution in [0, 0.1) is 11.6 Å². The molecule has 5 rings (SSSR count). The highest BCUT2D eigenvalue weighted by Gasteiger charge is 2.44. The number of rotatable bonds is 10. The molecule has 2 atom stereocenters. The lowest BCUT2D eigenvalue weighted by molar-refractivity contribution is -0.201. The Morgan fingerprint density at radius 3 is 2.55 bits per heavy atom. The van der Waals surface area contributed by atoms with E-state index in [2.05, 4.69) is 15.4 Å². The standard InChI is InChI=1S/C30H36F2N4O7S/c1-30(44(2,39)40,29(38)34-43-27-5-3-4-12-42-27)8-9-36-19-33-26-17-22(25(32)16-23(26)28(36)37)21-7-6-20(15-24(21)31)18-35-10-13-41-14-11-35/h6-7,15-17,19,27H,3-5,8-14,18H2,1-2H3,(H,34,38). The summed E-state index contributed by atoms with van der Waals surface area (Å²) in [4.78, 5) is 37.9. The molecule has 1 N–H and O–H groups in total. The fourth-order valence-corrected chi connectivity index (χ4v) is 6.11. The molecule has 14 heteroatoms. The van der Waals surface area contributed by atoms with Crippen LogP contribution in [0.2, 0.25) is 0 Å². The number of amides is 1. The van der Waals surface area contributed by atoms with E-state index in [-0.39, 0.29) is 35.0 Å². The van der Waals surface area contributed by atoms with Crippen molar-refractivity contribution >= 4 is 26.6 Å². The third-order valence-electron chi connectivity index (χ3n) is 8.30. The fourth-order valence-electron chi connectivity index (χ4n) is 5.27. The summed E-state index contributed by atoms with van der Waals surface area (Å²) in [5.74, 6) is -2.30. The van der Waals surface area contributed by atoms with Gasteiger partial charge < -0.3 is 9.47 Å². The van der Waals surface area contributed by atoms with Crippen molar-refractivity contribution in [3.05, 3.63) is 64.2 Å². The SMILES string of the molecule is CC(CCn1cnc2cc(-c3ccc(CN4CCOCC4)cc3F)c(F)cc2c1=O)(C(=O)NOC1CCCCO1)S(C)(=O)=O. The lowest BCUT2D eigenvalue weighted by Gasteiger charge is -2.28. The molecule has 2 fully saturated rings. The minimum atomic E-state index is -3.97. The van der Waals surface area contributed by atoms with Crippen molar-refractivity contribution < 1.29 is 36.3 Å². The summed E-state index contributed by atoms with van der Waals surface area (Å²) in [5, 5.41) is -0.0682. The van der Waals surface area contributed by atoms with Crippen LogP contribution in [-0.2, 0) is 42.0 Å². The number of fused-ring (bicyclic) bond motifs is 1. The van der Waals surface area contributed by atoms with E-state index in [1.807, 2.05) is 0 Å². The molecule has 2 aliphatic rings. The number of nitrogens with zero attached hydrogens (tertiary/aromatic N) is 3. The fraction of sp³-hybridized carbons (Fsp3) is 0.500. The molecule has 2 aliphatic heterocycles. The zero-order valence-electron chi connectivity index (χ0n) is 24.7. The number of hydrogen-bond acceptors (Lipinski definition) is 9. The number of benzene rings is 2. The number of nitrogens with one attached hydrogen (secondary N) is 1. The lowest BCUT2D eigenvalue weighted by atomic mass is 10.0. The van der Waals surface area contributed by atoms with Gasteiger partial charge in [-0.05, 0) is 49.9 Å². The largest absolute Gasteiger partial charge is 0.379 e. The van der Waals surface area contributed by atoms with Gasteiger partial charge in [-0.3, -0.25) is 19.1 Å². The first-order valence-electron chi connectivity index (χ1n) is 14.5. The number of halogens is 2. The van der Waals surface area contributed by atoms with Gasteiger partial charge in [0.2, 0.25) is 0 Å². The first-order chi connectivity index (χ1) is 21.0. The summed E-state index contributed by atoms with van der Waals surface area (Å²) in [7, 11) is -3.97. The van der Waals surface area contributed by atoms with Crippen LogP contribution in [0.3, 0.4) is 0 Å². The van der Waals surface area contributed by atoms with Crippen molar-refractivity contribution in [1.82, 2.24) is 19.9 Å². The van der Waals surface area contributed by atoms with Gasteiger partial charge >= 0.3 is 0 Å². The zero-order chi connectivity index (χ0) is 31.5. The first-order valence-corrected chi connectivity index (χ1v) is 16.4. The maximum Gasteiger partial charge on any atom is 0.264 e. The monoisotopic (exact) mass is 634 g/mol. The molecule has 3 heterocycles. The summed E-state index contributed by atoms with van der Waals surface area (Å²) < 4.78 is 65.8. The van der Waals surface area contributed by atoms with Crippen molar-refractivity contribution in [2.24, 2.45) is 0 Å². The van der Waals surface area contributed by atoms with Crippen LogP contribution in [0.15, 0.2) is 41.5 Å². The van der Waals surface area contributed by atoms with Crippen LogP contribution < -0.4 is 11.0 Å². The van der Waals surface area contributed by atoms with E-state index in [0.717, 1.165) is 48.4 Å². The topological polar surface area (TPSA) is 129 Å². The van der Waals surface area contributed by atoms with E-state index in [9.17, 15) is 18.0 Å². The number of hydroxylamine groups is 1. The molecule has 0 radical (unpaired) electrons. The number of aromatic nitrogens is 2. The smallest absolute Gasteiger partial charge is 0.264 e. The van der Waals surface area contributed by atoms with Crippen molar-refractivity contribution in [2.45, 2.75) is 56.7 Å². The molecule has 0 saturated carbocycles. The molecule has 3 aromatic rings. The van der Waals surface area contributed by atoms with Crippen LogP contribution >= 0.6 is 0 Å². The van der Waals surface area contributed by atoms with Gasteiger partial charge in [-0.2, -0.15) is 0 Å². The van der Waals surface area contributed by atoms with Gasteiger partial charge in [0.15, 0.2) is 20.9 Å². The van der Waals surface area contributed by atoms with Crippen molar-refractivity contribution in [3.8, 4) is 11.1 Å². The van der Waals surface area contributed by atoms with Crippen LogP contribution in [0.1, 0.15) is 38.2 Å². The predicted molar refractivity (Wildman–Crippen MR) is 158 cm³/mol. The van der Waals surface area contributed by atoms with Gasteiger partial charge in [0.05, 0.1) is 30.4 Å². The van der Waals surface area contributed by atoms with Crippen molar-refractivity contribution in [3.63, 3.8) is 0 Å². The molecule has 0 aliphatic carbocycles. The highest BCUT2D eigenvalue weighted by atomic mass is 32.2. The maximum atomic E-state index is 15.3. The van der Waals surface area contributed by atoms with Crippen molar-refractivity contribution in [2.75, 3.05) is 39.2 Å². The number of morpholine rings is 1. The molecule has 2 aromatic carbocycles. The average molecular weight is 635 g/mol. The Morgan fingerprint density at radius 2 is 1.86 bits per heavy atom. The van der Waals surface area contributed by atoms with Gasteiger partial charge in [0, 0.05) is 56.6 Å². The maximum absolute atomic E-state index is 15.3. The van der Waals surface area contributed by atoms with Crippen LogP contribution in [0.5, 0.6) is 0 Å². The van der Waals surface area contributed by atoms with Gasteiger partial charge in [-0.15, -0.1) is 0 Å². The number of carbonyl (C=O) groups excluding carboxylic acids is 1. The van der Waals surface area contributed by atoms with Gasteiger partial charge in [-0.1, -0.05) is 12.1 Å². The number of ether oxygens (including phenoxy) is 2. The molecule has 0 bridgehead atoms. The van der Waals surface area contributed by atoms with E-state index in [4.69, 9.17) is 14.3 Å². The number of hydrogen-bond donors (Lipinski definition) is 1. The summed E-state index contributed by atoms with van der Waals surface area (Å²) >= 11 is 0. The normalized spacial score (nSPS) is 19.5. The summed E-state index contributed by atoms with van der Waals surface area (Å²) in [5.41, 5.74) is 2.46. The minimum Gasteiger partial charge on any atom is -0.379 e. The minimum absolute atomic E-state index is 0.0388. The molecule has 44 heavy (non-hydrogen) atoms. The Labute approximate surface area is 254 Å². The third-order valence-corrected chi connectivity index (χ3v) is 10.3. The summed E-state index contributed by atoms with van der Waals surface area (Å²) in [6, 6.07) is 6.94. The quantitative estimate of drug-likeness (QED) is 0.335. The zero-order valence-corrected chi connectivity index (χ0v) is 25.5. The highest BCUT2D eigenvalue weighted by Crippen LogP contribution is 2.29. The second-order valence-electron chi connectivity index (χ2n) is 11.4. The Kier molecular flexibility index (Phi) is 9.75. The predicted octanol–water partition coefficient (Wildman–Crippen LogP) is 2.94. The van der Waals surface area contributed by atoms with Crippen LogP contribution in [0.4, 0.5) is 8.78 Å². The molecule has 2 saturated heterocycles. The molecular formula is C30H36F2N4O7S. The number of sulfone groups is 1. The lowest BCUT2D eigenvalue weighted by Crippen LogP contribution is -2.51. The van der Waals surface area contributed by atoms with Crippen LogP contribution in [-0.4, -0.2) is 79.0 Å². The van der Waals surface area contributed by atoms with Gasteiger partial charge in [0.1, 0.15) is 11.6 Å². The van der Waals surface area contributed by atoms with E-state index in [1.165, 1.54) is 31.5 Å². The summed E-state index contributed by atoms with van der Waals surface area (Å²) in [6.45, 7) is 4.79. The molecular weight excluding hydrogens is 598 g/mol. The molecule has 2 unspecified atom stereocenters. The molecule has 1 aromatic heterocycles. The second kappa shape index (κ2) is 13.4. The highest BCUT2D eigenvalue weighted by molar-refractivity contribution is 7.92. The molecule has 1 amide bonds. The average Bonchev–Trinajstić information content (AvgIpc) is 3.00. The summed E-state index contributed by atoms with van der Waals surface area (Å²) in [6.07, 6.45) is 3.43. The molecule has 11 nitrogen and oxygen atoms in total. The number of aryl methyl sites for hydroxylation is 1. The number of carbonyl (C=O) groups is 1. The Morgan fingerprint density at radius 1 is 1.11 bits per heavy atom. The van der Waals surface area contributed by atoms with Gasteiger partial charge in [0.25, 0.3) is 11.5 Å². The third kappa shape index (κ3) is 6.99. The van der Waals surface area contributed by atoms with E-state index in [0.29, 0.717) is 32.8 Å². The Balaban J connectivity index is 1.33.